The van der Waals surface area contributed by atoms with Gasteiger partial charge in [-0.15, -0.1) is 11.3 Å². The molecule has 0 bridgehead atoms. The predicted octanol–water partition coefficient (Wildman–Crippen LogP) is 4.34. The second-order valence-corrected chi connectivity index (χ2v) is 12.6. The first-order valence-electron chi connectivity index (χ1n) is 14.1. The summed E-state index contributed by atoms with van der Waals surface area (Å²) in [7, 11) is 3.59. The van der Waals surface area contributed by atoms with Gasteiger partial charge in [0.1, 0.15) is 23.6 Å². The Balaban J connectivity index is 0.000000165. The lowest BCUT2D eigenvalue weighted by atomic mass is 9.96. The molecule has 6 rings (SSSR count). The van der Waals surface area contributed by atoms with Crippen LogP contribution in [0.4, 0.5) is 0 Å². The third kappa shape index (κ3) is 6.39. The number of amides is 2. The number of fused-ring (bicyclic) bond motifs is 2. The van der Waals surface area contributed by atoms with E-state index in [1.54, 1.807) is 38.0 Å². The van der Waals surface area contributed by atoms with Crippen molar-refractivity contribution in [3.05, 3.63) is 87.2 Å². The van der Waals surface area contributed by atoms with Gasteiger partial charge in [-0.3, -0.25) is 9.59 Å². The number of aryl methyl sites for hydroxylation is 1. The molecular formula is C31H39N5O4S. The fourth-order valence-corrected chi connectivity index (χ4v) is 6.45. The molecule has 0 spiro atoms. The van der Waals surface area contributed by atoms with E-state index in [9.17, 15) is 9.59 Å². The van der Waals surface area contributed by atoms with Crippen LogP contribution in [0.1, 0.15) is 58.5 Å². The van der Waals surface area contributed by atoms with Crippen LogP contribution in [-0.2, 0) is 29.0 Å². The standard InChI is InChI=1S/C17H22N2O2.C14H17N3O2S/c1-17(2)7-4-12(10-17)11-19-8-5-13-6-9-21-15(13)14(18-3)16(19)20;1-9-16-7-11(20-9)8-17-5-3-10-4-6-19-13(10)12(15-2)14(17)18/h4,6-7,9-10,14,18H,5,8,11H2,1-3H3;4,6-7,12,15H,3,5,8H2,1-2H3. The summed E-state index contributed by atoms with van der Waals surface area (Å²) < 4.78 is 11.0. The van der Waals surface area contributed by atoms with Gasteiger partial charge in [-0.25, -0.2) is 4.98 Å². The maximum Gasteiger partial charge on any atom is 0.247 e. The van der Waals surface area contributed by atoms with Crippen LogP contribution in [-0.4, -0.2) is 60.3 Å². The van der Waals surface area contributed by atoms with Crippen molar-refractivity contribution >= 4 is 23.2 Å². The zero-order valence-electron chi connectivity index (χ0n) is 24.4. The van der Waals surface area contributed by atoms with E-state index in [1.807, 2.05) is 35.1 Å². The topological polar surface area (TPSA) is 104 Å². The van der Waals surface area contributed by atoms with Crippen LogP contribution in [0, 0.1) is 12.3 Å². The first kappa shape index (κ1) is 29.0. The van der Waals surface area contributed by atoms with Crippen molar-refractivity contribution in [1.29, 1.82) is 0 Å². The maximum absolute atomic E-state index is 12.7. The molecule has 0 aromatic carbocycles. The summed E-state index contributed by atoms with van der Waals surface area (Å²) in [6.45, 7) is 9.05. The third-order valence-corrected chi connectivity index (χ3v) is 8.65. The first-order chi connectivity index (χ1) is 19.7. The molecule has 9 nitrogen and oxygen atoms in total. The van der Waals surface area contributed by atoms with E-state index in [-0.39, 0.29) is 23.3 Å². The number of allylic oxidation sites excluding steroid dienone is 2. The van der Waals surface area contributed by atoms with Crippen molar-refractivity contribution in [2.75, 3.05) is 33.7 Å². The smallest absolute Gasteiger partial charge is 0.247 e. The van der Waals surface area contributed by atoms with Gasteiger partial charge in [-0.1, -0.05) is 32.1 Å². The van der Waals surface area contributed by atoms with Crippen molar-refractivity contribution < 1.29 is 18.4 Å². The third-order valence-electron chi connectivity index (χ3n) is 7.76. The zero-order valence-corrected chi connectivity index (χ0v) is 25.2. The van der Waals surface area contributed by atoms with Crippen molar-refractivity contribution in [3.63, 3.8) is 0 Å². The van der Waals surface area contributed by atoms with Crippen molar-refractivity contribution in [1.82, 2.24) is 25.4 Å². The van der Waals surface area contributed by atoms with E-state index < -0.39 is 6.04 Å². The van der Waals surface area contributed by atoms with Gasteiger partial charge in [-0.2, -0.15) is 0 Å². The SMILES string of the molecule is CNC1C(=O)N(CC2=CC(C)(C)C=C2)CCc2ccoc21.CNC1C(=O)N(Cc2cnc(C)s2)CCc2ccoc21. The van der Waals surface area contributed by atoms with E-state index in [4.69, 9.17) is 8.83 Å². The highest BCUT2D eigenvalue weighted by Gasteiger charge is 2.34. The summed E-state index contributed by atoms with van der Waals surface area (Å²) in [6.07, 6.45) is 13.4. The first-order valence-corrected chi connectivity index (χ1v) is 14.9. The lowest BCUT2D eigenvalue weighted by Gasteiger charge is -2.24. The number of likely N-dealkylation sites (N-methyl/N-ethyl adjacent to an activating group) is 2. The van der Waals surface area contributed by atoms with Crippen molar-refractivity contribution in [3.8, 4) is 0 Å². The van der Waals surface area contributed by atoms with Gasteiger partial charge < -0.3 is 29.3 Å². The molecule has 3 aliphatic rings. The Morgan fingerprint density at radius 3 is 1.98 bits per heavy atom. The Morgan fingerprint density at radius 2 is 1.51 bits per heavy atom. The number of aromatic nitrogens is 1. The zero-order chi connectivity index (χ0) is 29.1. The molecular weight excluding hydrogens is 538 g/mol. The highest BCUT2D eigenvalue weighted by Crippen LogP contribution is 2.31. The molecule has 2 unspecified atom stereocenters. The summed E-state index contributed by atoms with van der Waals surface area (Å²) >= 11 is 1.64. The molecule has 0 radical (unpaired) electrons. The summed E-state index contributed by atoms with van der Waals surface area (Å²) in [5.74, 6) is 1.67. The van der Waals surface area contributed by atoms with Gasteiger partial charge in [0.15, 0.2) is 0 Å². The molecule has 41 heavy (non-hydrogen) atoms. The Hall–Kier alpha value is -3.47. The fraction of sp³-hybridized carbons (Fsp3) is 0.452. The number of carbonyl (C=O) groups is 2. The molecule has 0 saturated heterocycles. The monoisotopic (exact) mass is 577 g/mol. The van der Waals surface area contributed by atoms with E-state index in [1.165, 1.54) is 5.57 Å². The minimum atomic E-state index is -0.392. The molecule has 5 heterocycles. The van der Waals surface area contributed by atoms with Crippen LogP contribution in [0.25, 0.3) is 0 Å². The number of thiazole rings is 1. The van der Waals surface area contributed by atoms with Gasteiger partial charge in [0.25, 0.3) is 0 Å². The number of hydrogen-bond acceptors (Lipinski definition) is 8. The van der Waals surface area contributed by atoms with Gasteiger partial charge in [0.2, 0.25) is 11.8 Å². The Bertz CT molecular complexity index is 1450. The van der Waals surface area contributed by atoms with Crippen molar-refractivity contribution in [2.24, 2.45) is 5.41 Å². The van der Waals surface area contributed by atoms with Gasteiger partial charge in [0, 0.05) is 36.1 Å². The number of rotatable bonds is 6. The molecule has 10 heteroatoms. The molecule has 3 aromatic rings. The Kier molecular flexibility index (Phi) is 8.63. The number of furan rings is 2. The second kappa shape index (κ2) is 12.2. The molecule has 0 saturated carbocycles. The average Bonchev–Trinajstić information content (AvgIpc) is 3.72. The summed E-state index contributed by atoms with van der Waals surface area (Å²) in [5, 5.41) is 7.17. The lowest BCUT2D eigenvalue weighted by molar-refractivity contribution is -0.134. The summed E-state index contributed by atoms with van der Waals surface area (Å²) in [6, 6.07) is 3.15. The average molecular weight is 578 g/mol. The van der Waals surface area contributed by atoms with Crippen LogP contribution in [0.5, 0.6) is 0 Å². The summed E-state index contributed by atoms with van der Waals surface area (Å²) in [4.78, 5) is 34.5. The van der Waals surface area contributed by atoms with Gasteiger partial charge in [0.05, 0.1) is 24.1 Å². The molecule has 0 fully saturated rings. The van der Waals surface area contributed by atoms with E-state index in [0.717, 1.165) is 51.9 Å². The van der Waals surface area contributed by atoms with Gasteiger partial charge in [-0.05, 0) is 62.7 Å². The fourth-order valence-electron chi connectivity index (χ4n) is 5.64. The highest BCUT2D eigenvalue weighted by atomic mass is 32.1. The number of hydrogen-bond donors (Lipinski definition) is 2. The van der Waals surface area contributed by atoms with Crippen molar-refractivity contribution in [2.45, 2.75) is 52.2 Å². The quantitative estimate of drug-likeness (QED) is 0.449. The van der Waals surface area contributed by atoms with E-state index in [2.05, 4.69) is 47.7 Å². The highest BCUT2D eigenvalue weighted by molar-refractivity contribution is 7.11. The Morgan fingerprint density at radius 1 is 0.951 bits per heavy atom. The molecule has 218 valence electrons. The molecule has 2 atom stereocenters. The maximum atomic E-state index is 12.7. The number of carbonyl (C=O) groups excluding carboxylic acids is 2. The minimum Gasteiger partial charge on any atom is -0.467 e. The molecule has 2 N–H and O–H groups in total. The van der Waals surface area contributed by atoms with Crippen LogP contribution >= 0.6 is 11.3 Å². The molecule has 1 aliphatic carbocycles. The Labute approximate surface area is 245 Å². The minimum absolute atomic E-state index is 0.0623. The second-order valence-electron chi connectivity index (χ2n) is 11.3. The lowest BCUT2D eigenvalue weighted by Crippen LogP contribution is -2.39. The summed E-state index contributed by atoms with van der Waals surface area (Å²) in [5.41, 5.74) is 3.54. The molecule has 2 amide bonds. The predicted molar refractivity (Wildman–Crippen MR) is 158 cm³/mol. The molecule has 3 aromatic heterocycles. The van der Waals surface area contributed by atoms with Crippen LogP contribution in [0.15, 0.2) is 63.5 Å². The van der Waals surface area contributed by atoms with E-state index in [0.29, 0.717) is 19.6 Å². The normalized spacial score (nSPS) is 21.5. The largest absolute Gasteiger partial charge is 0.467 e. The number of nitrogens with zero attached hydrogens (tertiary/aromatic N) is 3. The van der Waals surface area contributed by atoms with Crippen LogP contribution in [0.3, 0.4) is 0 Å². The van der Waals surface area contributed by atoms with E-state index >= 15 is 0 Å². The number of nitrogens with one attached hydrogen (secondary N) is 2. The van der Waals surface area contributed by atoms with Crippen LogP contribution < -0.4 is 10.6 Å². The van der Waals surface area contributed by atoms with Gasteiger partial charge >= 0.3 is 0 Å². The van der Waals surface area contributed by atoms with Crippen LogP contribution in [0.2, 0.25) is 0 Å². The molecule has 2 aliphatic heterocycles.